The molecule has 0 heterocycles. The fourth-order valence-corrected chi connectivity index (χ4v) is 1.81. The van der Waals surface area contributed by atoms with E-state index in [2.05, 4.69) is 4.74 Å². The maximum atomic E-state index is 11.6. The quantitative estimate of drug-likeness (QED) is 0.457. The minimum atomic E-state index is -0.748. The molecule has 0 aromatic heterocycles. The first kappa shape index (κ1) is 10.9. The molecule has 0 amide bonds. The van der Waals surface area contributed by atoms with E-state index in [1.54, 1.807) is 13.8 Å². The molecule has 1 rings (SSSR count). The first-order valence-corrected chi connectivity index (χ1v) is 4.64. The fraction of sp³-hybridized carbons (Fsp3) is 0.700. The molecule has 78 valence electrons. The van der Waals surface area contributed by atoms with Crippen molar-refractivity contribution in [2.24, 2.45) is 17.8 Å². The number of esters is 1. The zero-order valence-electron chi connectivity index (χ0n) is 8.57. The van der Waals surface area contributed by atoms with E-state index in [1.165, 1.54) is 7.11 Å². The second kappa shape index (κ2) is 3.90. The zero-order chi connectivity index (χ0) is 10.9. The van der Waals surface area contributed by atoms with Crippen molar-refractivity contribution in [1.82, 2.24) is 0 Å². The summed E-state index contributed by atoms with van der Waals surface area (Å²) in [6.45, 7) is 3.29. The maximum absolute atomic E-state index is 11.6. The van der Waals surface area contributed by atoms with Crippen LogP contribution in [0.15, 0.2) is 0 Å². The lowest BCUT2D eigenvalue weighted by atomic mass is 9.75. The van der Waals surface area contributed by atoms with E-state index in [-0.39, 0.29) is 23.9 Å². The second-order valence-corrected chi connectivity index (χ2v) is 3.74. The number of rotatable bonds is 1. The average molecular weight is 198 g/mol. The summed E-state index contributed by atoms with van der Waals surface area (Å²) in [6, 6.07) is 0. The van der Waals surface area contributed by atoms with Crippen molar-refractivity contribution in [3.05, 3.63) is 0 Å². The second-order valence-electron chi connectivity index (χ2n) is 3.74. The van der Waals surface area contributed by atoms with Gasteiger partial charge in [0.25, 0.3) is 0 Å². The highest BCUT2D eigenvalue weighted by Crippen LogP contribution is 2.28. The summed E-state index contributed by atoms with van der Waals surface area (Å²) in [6.07, 6.45) is 0.286. The summed E-state index contributed by atoms with van der Waals surface area (Å²) in [7, 11) is 1.25. The molecule has 0 aromatic rings. The van der Waals surface area contributed by atoms with Crippen molar-refractivity contribution in [3.8, 4) is 0 Å². The number of carbonyl (C=O) groups is 3. The van der Waals surface area contributed by atoms with Crippen LogP contribution in [0.25, 0.3) is 0 Å². The first-order chi connectivity index (χ1) is 6.49. The lowest BCUT2D eigenvalue weighted by Crippen LogP contribution is -2.42. The summed E-state index contributed by atoms with van der Waals surface area (Å²) in [5.41, 5.74) is 0. The van der Waals surface area contributed by atoms with Gasteiger partial charge in [-0.2, -0.15) is 0 Å². The predicted octanol–water partition coefficient (Wildman–Crippen LogP) is 0.590. The molecule has 3 atom stereocenters. The van der Waals surface area contributed by atoms with Crippen molar-refractivity contribution < 1.29 is 19.1 Å². The molecule has 0 N–H and O–H groups in total. The van der Waals surface area contributed by atoms with Gasteiger partial charge in [0.15, 0.2) is 5.78 Å². The highest BCUT2D eigenvalue weighted by molar-refractivity contribution is 6.12. The number of methoxy groups -OCH3 is 1. The van der Waals surface area contributed by atoms with E-state index in [9.17, 15) is 14.4 Å². The molecule has 0 saturated heterocycles. The minimum Gasteiger partial charge on any atom is -0.468 e. The molecule has 0 bridgehead atoms. The van der Waals surface area contributed by atoms with Crippen molar-refractivity contribution >= 4 is 17.5 Å². The molecule has 0 aliphatic heterocycles. The molecule has 4 heteroatoms. The smallest absolute Gasteiger partial charge is 0.316 e. The Labute approximate surface area is 82.6 Å². The highest BCUT2D eigenvalue weighted by Gasteiger charge is 2.42. The summed E-state index contributed by atoms with van der Waals surface area (Å²) in [5.74, 6) is -2.55. The molecule has 3 unspecified atom stereocenters. The number of hydrogen-bond acceptors (Lipinski definition) is 4. The number of carbonyl (C=O) groups excluding carboxylic acids is 3. The van der Waals surface area contributed by atoms with E-state index in [0.717, 1.165) is 0 Å². The lowest BCUT2D eigenvalue weighted by Gasteiger charge is -2.27. The van der Waals surface area contributed by atoms with Gasteiger partial charge in [0.05, 0.1) is 13.0 Å². The molecule has 14 heavy (non-hydrogen) atoms. The van der Waals surface area contributed by atoms with Crippen LogP contribution in [0.2, 0.25) is 0 Å². The Hall–Kier alpha value is -1.19. The Balaban J connectivity index is 2.86. The normalized spacial score (nSPS) is 32.9. The molecule has 0 aromatic carbocycles. The number of Topliss-reactive ketones (excluding diaryl/α,β-unsaturated/α-hetero) is 2. The molecule has 1 aliphatic carbocycles. The number of ketones is 2. The highest BCUT2D eigenvalue weighted by atomic mass is 16.5. The van der Waals surface area contributed by atoms with E-state index in [1.807, 2.05) is 0 Å². The van der Waals surface area contributed by atoms with Crippen molar-refractivity contribution in [3.63, 3.8) is 0 Å². The molecule has 0 spiro atoms. The maximum Gasteiger partial charge on any atom is 0.316 e. The van der Waals surface area contributed by atoms with Gasteiger partial charge >= 0.3 is 5.97 Å². The van der Waals surface area contributed by atoms with E-state index >= 15 is 0 Å². The van der Waals surface area contributed by atoms with E-state index < -0.39 is 17.8 Å². The molecular weight excluding hydrogens is 184 g/mol. The number of ether oxygens (including phenoxy) is 1. The van der Waals surface area contributed by atoms with Gasteiger partial charge in [-0.05, 0) is 13.3 Å². The summed E-state index contributed by atoms with van der Waals surface area (Å²) in [5, 5.41) is 0. The van der Waals surface area contributed by atoms with Gasteiger partial charge in [-0.15, -0.1) is 0 Å². The van der Waals surface area contributed by atoms with E-state index in [4.69, 9.17) is 0 Å². The third-order valence-corrected chi connectivity index (χ3v) is 2.76. The van der Waals surface area contributed by atoms with Gasteiger partial charge in [-0.3, -0.25) is 14.4 Å². The summed E-state index contributed by atoms with van der Waals surface area (Å²) < 4.78 is 4.52. The van der Waals surface area contributed by atoms with Crippen LogP contribution in [-0.4, -0.2) is 24.6 Å². The third kappa shape index (κ3) is 1.69. The van der Waals surface area contributed by atoms with Crippen LogP contribution in [-0.2, 0) is 19.1 Å². The molecule has 1 saturated carbocycles. The monoisotopic (exact) mass is 198 g/mol. The van der Waals surface area contributed by atoms with Gasteiger partial charge < -0.3 is 4.74 Å². The van der Waals surface area contributed by atoms with Crippen LogP contribution in [0.1, 0.15) is 20.3 Å². The van der Waals surface area contributed by atoms with Gasteiger partial charge in [-0.25, -0.2) is 0 Å². The van der Waals surface area contributed by atoms with Crippen LogP contribution >= 0.6 is 0 Å². The average Bonchev–Trinajstić information content (AvgIpc) is 2.19. The van der Waals surface area contributed by atoms with Crippen molar-refractivity contribution in [1.29, 1.82) is 0 Å². The van der Waals surface area contributed by atoms with E-state index in [0.29, 0.717) is 0 Å². The Morgan fingerprint density at radius 1 is 1.29 bits per heavy atom. The summed E-state index contributed by atoms with van der Waals surface area (Å²) in [4.78, 5) is 34.2. The van der Waals surface area contributed by atoms with Crippen LogP contribution in [0.3, 0.4) is 0 Å². The topological polar surface area (TPSA) is 60.4 Å². The molecule has 0 radical (unpaired) electrons. The Kier molecular flexibility index (Phi) is 3.03. The van der Waals surface area contributed by atoms with Gasteiger partial charge in [0.1, 0.15) is 11.7 Å². The Bertz CT molecular complexity index is 282. The van der Waals surface area contributed by atoms with Gasteiger partial charge in [0.2, 0.25) is 0 Å². The van der Waals surface area contributed by atoms with Crippen LogP contribution in [0.5, 0.6) is 0 Å². The Morgan fingerprint density at radius 2 is 1.86 bits per heavy atom. The molecule has 4 nitrogen and oxygen atoms in total. The first-order valence-electron chi connectivity index (χ1n) is 4.64. The number of hydrogen-bond donors (Lipinski definition) is 0. The zero-order valence-corrected chi connectivity index (χ0v) is 8.57. The molecule has 1 fully saturated rings. The Morgan fingerprint density at radius 3 is 2.36 bits per heavy atom. The van der Waals surface area contributed by atoms with Crippen LogP contribution in [0, 0.1) is 17.8 Å². The minimum absolute atomic E-state index is 0.0739. The van der Waals surface area contributed by atoms with Crippen LogP contribution < -0.4 is 0 Å². The molecule has 1 aliphatic rings. The van der Waals surface area contributed by atoms with Crippen LogP contribution in [0.4, 0.5) is 0 Å². The largest absolute Gasteiger partial charge is 0.468 e. The lowest BCUT2D eigenvalue weighted by molar-refractivity contribution is -0.155. The third-order valence-electron chi connectivity index (χ3n) is 2.76. The standard InChI is InChI=1S/C10H14O4/c1-5-4-7(10(13)14-3)9(12)6(2)8(5)11/h5-7H,4H2,1-3H3. The SMILES string of the molecule is COC(=O)C1CC(C)C(=O)C(C)C1=O. The summed E-state index contributed by atoms with van der Waals surface area (Å²) >= 11 is 0. The van der Waals surface area contributed by atoms with Gasteiger partial charge in [0, 0.05) is 5.92 Å². The molecular formula is C10H14O4. The fourth-order valence-electron chi connectivity index (χ4n) is 1.81. The predicted molar refractivity (Wildman–Crippen MR) is 48.5 cm³/mol. The van der Waals surface area contributed by atoms with Gasteiger partial charge in [-0.1, -0.05) is 6.92 Å². The van der Waals surface area contributed by atoms with Crippen molar-refractivity contribution in [2.45, 2.75) is 20.3 Å². The van der Waals surface area contributed by atoms with Crippen molar-refractivity contribution in [2.75, 3.05) is 7.11 Å².